The predicted molar refractivity (Wildman–Crippen MR) is 466 cm³/mol. The van der Waals surface area contributed by atoms with Crippen LogP contribution >= 0.6 is 12.6 Å². The largest absolute Gasteiger partial charge is 0.481 e. The molecule has 0 saturated carbocycles. The first kappa shape index (κ1) is 109. The number of H-pyrrole nitrogens is 1. The molecule has 52 nitrogen and oxygen atoms in total. The van der Waals surface area contributed by atoms with Gasteiger partial charge in [0.1, 0.15) is 66.5 Å². The molecule has 2 heterocycles. The summed E-state index contributed by atoms with van der Waals surface area (Å²) in [5.41, 5.74) is 22.9. The number of aliphatic carboxylic acids is 3. The minimum absolute atomic E-state index is 0.00755. The highest BCUT2D eigenvalue weighted by molar-refractivity contribution is 7.80. The molecule has 716 valence electrons. The number of rotatable bonds is 60. The van der Waals surface area contributed by atoms with Crippen LogP contribution in [0.15, 0.2) is 30.5 Å². The molecule has 0 bridgehead atoms. The van der Waals surface area contributed by atoms with Crippen LogP contribution in [0.25, 0.3) is 10.9 Å². The van der Waals surface area contributed by atoms with Gasteiger partial charge in [-0.3, -0.25) is 108 Å². The quantitative estimate of drug-likeness (QED) is 0.0127. The highest BCUT2D eigenvalue weighted by atomic mass is 32.1. The van der Waals surface area contributed by atoms with Gasteiger partial charge in [0.2, 0.25) is 94.5 Å². The van der Waals surface area contributed by atoms with Gasteiger partial charge >= 0.3 is 17.9 Å². The van der Waals surface area contributed by atoms with E-state index in [4.69, 9.17) is 49.7 Å². The molecular weight excluding hydrogens is 1720 g/mol. The van der Waals surface area contributed by atoms with E-state index in [1.54, 1.807) is 58.2 Å². The van der Waals surface area contributed by atoms with Crippen molar-refractivity contribution in [3.05, 3.63) is 36.0 Å². The van der Waals surface area contributed by atoms with Crippen molar-refractivity contribution in [1.82, 2.24) is 117 Å². The molecule has 129 heavy (non-hydrogen) atoms. The van der Waals surface area contributed by atoms with Crippen molar-refractivity contribution in [3.8, 4) is 0 Å². The molecule has 1 saturated heterocycles. The molecule has 1 aromatic carbocycles. The second-order valence-electron chi connectivity index (χ2n) is 30.4. The lowest BCUT2D eigenvalue weighted by atomic mass is 9.96. The maximum Gasteiger partial charge on any atom is 0.326 e. The van der Waals surface area contributed by atoms with Gasteiger partial charge in [-0.2, -0.15) is 12.6 Å². The average Bonchev–Trinajstić information content (AvgIpc) is 1.69. The van der Waals surface area contributed by atoms with Crippen LogP contribution in [0, 0.1) is 33.5 Å². The van der Waals surface area contributed by atoms with Gasteiger partial charge in [-0.15, -0.1) is 0 Å². The van der Waals surface area contributed by atoms with Crippen molar-refractivity contribution < 1.29 is 106 Å². The smallest absolute Gasteiger partial charge is 0.326 e. The fourth-order valence-electron chi connectivity index (χ4n) is 12.5. The molecule has 1 aromatic heterocycles. The zero-order valence-electron chi connectivity index (χ0n) is 72.2. The number of guanidine groups is 4. The van der Waals surface area contributed by atoms with Gasteiger partial charge in [0.25, 0.3) is 0 Å². The Morgan fingerprint density at radius 2 is 0.837 bits per heavy atom. The first-order chi connectivity index (χ1) is 60.9. The summed E-state index contributed by atoms with van der Waals surface area (Å²) in [6, 6.07) is -9.97. The van der Waals surface area contributed by atoms with E-state index in [-0.39, 0.29) is 102 Å². The molecule has 0 radical (unpaired) electrons. The molecular formula is C76H124N30O22S. The van der Waals surface area contributed by atoms with Crippen molar-refractivity contribution in [2.75, 3.05) is 71.2 Å². The Morgan fingerprint density at radius 3 is 1.29 bits per heavy atom. The second-order valence-corrected chi connectivity index (χ2v) is 30.8. The Bertz CT molecular complexity index is 4280. The Balaban J connectivity index is 1.67. The number of benzene rings is 1. The van der Waals surface area contributed by atoms with E-state index in [0.717, 1.165) is 13.3 Å². The van der Waals surface area contributed by atoms with E-state index in [1.807, 2.05) is 5.32 Å². The van der Waals surface area contributed by atoms with Crippen LogP contribution in [0.1, 0.15) is 130 Å². The number of carboxylic acid groups (broad SMARTS) is 3. The number of fused-ring (bicyclic) bond motifs is 1. The van der Waals surface area contributed by atoms with Gasteiger partial charge in [0.15, 0.2) is 23.8 Å². The molecule has 2 aromatic rings. The molecule has 37 N–H and O–H groups in total. The number of nitrogens with one attached hydrogen (secondary N) is 26. The van der Waals surface area contributed by atoms with Gasteiger partial charge in [0.05, 0.1) is 45.2 Å². The van der Waals surface area contributed by atoms with Gasteiger partial charge in [-0.1, -0.05) is 52.3 Å². The fraction of sp³-hybridized carbons (Fsp3) is 0.592. The summed E-state index contributed by atoms with van der Waals surface area (Å²) in [5, 5.41) is 111. The lowest BCUT2D eigenvalue weighted by Crippen LogP contribution is -2.61. The summed E-state index contributed by atoms with van der Waals surface area (Å²) in [4.78, 5) is 256. The van der Waals surface area contributed by atoms with Crippen LogP contribution in [-0.2, 0) is 97.5 Å². The standard InChI is InChI=1S/C76H124N30O22S/c1-6-38(4)60(71(126)106-59(37(2)3)70(125)101-47(20-13-27-89-76(83)84)66(121)100-45(18-11-25-87-74(79)80)65(120)96-39(5)61(116)103-50(72(127)128)29-58(114)115)105-56(111)34-93-53(108)32-91-52(107)31-92-54(109)33-94-63(118)48(21-22-57(112)113)97-55(110)35-95-62(117)44(17-10-24-86-73(77)78)98-68(123)49(28-40-30-90-42-15-8-7-14-41(40)42)102-69(124)51(36-129)104-67(122)46(19-12-26-88-75(81)82)99-64(119)43-16-9-23-85-43/h7-8,14-15,30,37-39,43-51,59-60,85,90,129H,6,9-13,16-29,31-36H2,1-5H3,(H,91,107)(H,92,109)(H,93,108)(H,94,118)(H,95,117)(H,96,120)(H,97,110)(H,98,123)(H,99,119)(H,100,121)(H,101,125)(H,102,124)(H,103,116)(H,104,122)(H,105,111)(H,106,126)(H,112,113)(H,114,115)(H,127,128)(H4,77,78,86)(H4,79,80,87)(H4,81,82,88)(H4,83,84,89)/t38-,39-,43-,44-,45-,46-,47-,48-,49-,50-,51-,59-,60-/m0/s1. The number of nitrogens with two attached hydrogens (primary N) is 4. The normalized spacial score (nSPS) is 14.8. The third kappa shape index (κ3) is 42.8. The third-order valence-electron chi connectivity index (χ3n) is 19.7. The van der Waals surface area contributed by atoms with Crippen LogP contribution in [-0.4, -0.2) is 300 Å². The van der Waals surface area contributed by atoms with Crippen LogP contribution in [0.5, 0.6) is 0 Å². The third-order valence-corrected chi connectivity index (χ3v) is 20.0. The van der Waals surface area contributed by atoms with E-state index < -0.39 is 267 Å². The Labute approximate surface area is 746 Å². The first-order valence-electron chi connectivity index (χ1n) is 41.5. The first-order valence-corrected chi connectivity index (χ1v) is 42.1. The van der Waals surface area contributed by atoms with Crippen molar-refractivity contribution >= 4 is 160 Å². The van der Waals surface area contributed by atoms with E-state index in [1.165, 1.54) is 0 Å². The van der Waals surface area contributed by atoms with E-state index >= 15 is 0 Å². The zero-order chi connectivity index (χ0) is 96.6. The minimum atomic E-state index is -1.87. The molecule has 0 spiro atoms. The highest BCUT2D eigenvalue weighted by Crippen LogP contribution is 2.21. The van der Waals surface area contributed by atoms with E-state index in [2.05, 4.69) is 124 Å². The number of hydrogen-bond donors (Lipinski definition) is 34. The van der Waals surface area contributed by atoms with Crippen molar-refractivity contribution in [2.45, 2.75) is 203 Å². The number of amides is 16. The lowest BCUT2D eigenvalue weighted by Gasteiger charge is -2.29. The molecule has 0 aliphatic carbocycles. The van der Waals surface area contributed by atoms with Crippen LogP contribution in [0.3, 0.4) is 0 Å². The summed E-state index contributed by atoms with van der Waals surface area (Å²) in [7, 11) is 0. The maximum atomic E-state index is 14.6. The Kier molecular flexibility index (Phi) is 48.8. The van der Waals surface area contributed by atoms with E-state index in [9.17, 15) is 101 Å². The van der Waals surface area contributed by atoms with Gasteiger partial charge in [0, 0.05) is 61.9 Å². The van der Waals surface area contributed by atoms with Crippen LogP contribution in [0.4, 0.5) is 0 Å². The second kappa shape index (κ2) is 57.6. The molecule has 13 atom stereocenters. The summed E-state index contributed by atoms with van der Waals surface area (Å²) >= 11 is 4.33. The molecule has 3 rings (SSSR count). The van der Waals surface area contributed by atoms with Gasteiger partial charge < -0.3 is 155 Å². The highest BCUT2D eigenvalue weighted by Gasteiger charge is 2.38. The number of thiol groups is 1. The SMILES string of the molecule is CC[C@H](C)[C@H](NC(=O)CNC(=O)CNC(=O)CNC(=O)CNC(=O)[C@H](CCC(=O)O)NC(=O)CNC(=O)[C@H](CCCNC(=N)N)NC(=O)[C@H](Cc1c[nH]c2ccccc12)NC(=O)[C@H](CS)NC(=O)[C@H](CCCNC(=N)N)NC(=O)[C@@H]1CCCN1)C(=O)N[C@H](C(=O)N[C@@H](CCCNC(=N)N)C(=O)N[C@@H](CCCNC(=N)N)C(=O)N[C@@H](C)C(=O)N[C@@H](CC(=O)O)C(=O)O)C(C)C. The average molecular weight is 1840 g/mol. The number of aromatic nitrogens is 1. The van der Waals surface area contributed by atoms with Crippen molar-refractivity contribution in [2.24, 2.45) is 34.8 Å². The van der Waals surface area contributed by atoms with E-state index in [0.29, 0.717) is 29.4 Å². The molecule has 1 fully saturated rings. The molecule has 0 unspecified atom stereocenters. The zero-order valence-corrected chi connectivity index (χ0v) is 73.1. The van der Waals surface area contributed by atoms with Crippen LogP contribution in [0.2, 0.25) is 0 Å². The molecule has 1 aliphatic rings. The number of carboxylic acids is 3. The van der Waals surface area contributed by atoms with Gasteiger partial charge in [-0.05, 0) is 108 Å². The summed E-state index contributed by atoms with van der Waals surface area (Å²) in [6.07, 6.45) is 0.567. The Hall–Kier alpha value is -13.9. The van der Waals surface area contributed by atoms with Gasteiger partial charge in [-0.25, -0.2) is 4.79 Å². The fourth-order valence-corrected chi connectivity index (χ4v) is 12.7. The lowest BCUT2D eigenvalue weighted by molar-refractivity contribution is -0.147. The molecule has 53 heteroatoms. The summed E-state index contributed by atoms with van der Waals surface area (Å²) in [6.45, 7) is 4.21. The van der Waals surface area contributed by atoms with Crippen molar-refractivity contribution in [3.63, 3.8) is 0 Å². The number of aromatic amines is 1. The molecule has 16 amide bonds. The molecule has 1 aliphatic heterocycles. The number of para-hydroxylation sites is 1. The topological polar surface area (TPSA) is 853 Å². The number of carbonyl (C=O) groups is 19. The number of hydrogen-bond acceptors (Lipinski definition) is 25. The monoisotopic (exact) mass is 1840 g/mol. The maximum absolute atomic E-state index is 14.6. The van der Waals surface area contributed by atoms with Crippen molar-refractivity contribution in [1.29, 1.82) is 21.6 Å². The minimum Gasteiger partial charge on any atom is -0.481 e. The Morgan fingerprint density at radius 1 is 0.434 bits per heavy atom. The summed E-state index contributed by atoms with van der Waals surface area (Å²) in [5.74, 6) is -22.8. The summed E-state index contributed by atoms with van der Waals surface area (Å²) < 4.78 is 0. The van der Waals surface area contributed by atoms with Crippen LogP contribution < -0.4 is 135 Å². The number of carbonyl (C=O) groups excluding carboxylic acids is 16. The predicted octanol–water partition coefficient (Wildman–Crippen LogP) is -10.5.